The minimum atomic E-state index is -5.00. The molecule has 1 amide bonds. The first-order chi connectivity index (χ1) is 22.2. The molecule has 242 valence electrons. The Labute approximate surface area is 262 Å². The van der Waals surface area contributed by atoms with Crippen molar-refractivity contribution in [3.8, 4) is 28.7 Å². The summed E-state index contributed by atoms with van der Waals surface area (Å²) in [4.78, 5) is 46.0. The molecule has 3 aromatic heterocycles. The van der Waals surface area contributed by atoms with Crippen molar-refractivity contribution in [2.75, 3.05) is 19.5 Å². The van der Waals surface area contributed by atoms with Crippen molar-refractivity contribution in [2.45, 2.75) is 20.0 Å². The van der Waals surface area contributed by atoms with Gasteiger partial charge in [0.15, 0.2) is 40.4 Å². The molecule has 2 aromatic carbocycles. The Morgan fingerprint density at radius 1 is 0.872 bits per heavy atom. The van der Waals surface area contributed by atoms with Crippen LogP contribution in [0.1, 0.15) is 39.0 Å². The zero-order chi connectivity index (χ0) is 34.2. The summed E-state index contributed by atoms with van der Waals surface area (Å²) in [5, 5.41) is 2.41. The highest BCUT2D eigenvalue weighted by molar-refractivity contribution is 6.04. The number of aromatic nitrogens is 3. The molecule has 1 N–H and O–H groups in total. The van der Waals surface area contributed by atoms with Gasteiger partial charge in [-0.25, -0.2) is 8.78 Å². The van der Waals surface area contributed by atoms with Crippen LogP contribution in [0.2, 0.25) is 0 Å². The fraction of sp³-hybridized carbons (Fsp3) is 0.156. The van der Waals surface area contributed by atoms with Crippen molar-refractivity contribution >= 4 is 28.3 Å². The van der Waals surface area contributed by atoms with Gasteiger partial charge in [-0.3, -0.25) is 28.9 Å². The number of carbonyl (C=O) groups excluding carboxylic acids is 2. The third kappa shape index (κ3) is 6.32. The Morgan fingerprint density at radius 2 is 1.57 bits per heavy atom. The van der Waals surface area contributed by atoms with E-state index in [-0.39, 0.29) is 49.6 Å². The number of hydrogen-bond donors (Lipinski definition) is 1. The zero-order valence-corrected chi connectivity index (χ0v) is 25.0. The molecule has 0 spiro atoms. The van der Waals surface area contributed by atoms with Crippen LogP contribution in [0.3, 0.4) is 0 Å². The highest BCUT2D eigenvalue weighted by atomic mass is 19.4. The largest absolute Gasteiger partial charge is 0.493 e. The molecule has 0 saturated carbocycles. The van der Waals surface area contributed by atoms with Crippen LogP contribution in [0.5, 0.6) is 23.0 Å². The number of hydrogen-bond acceptors (Lipinski definition) is 8. The van der Waals surface area contributed by atoms with Gasteiger partial charge in [0, 0.05) is 30.1 Å². The van der Waals surface area contributed by atoms with Gasteiger partial charge in [-0.15, -0.1) is 0 Å². The van der Waals surface area contributed by atoms with Crippen LogP contribution in [-0.4, -0.2) is 40.4 Å². The quantitative estimate of drug-likeness (QED) is 0.146. The summed E-state index contributed by atoms with van der Waals surface area (Å²) in [5.74, 6) is -3.84. The van der Waals surface area contributed by atoms with E-state index in [1.807, 2.05) is 0 Å². The highest BCUT2D eigenvalue weighted by Crippen LogP contribution is 2.39. The molecule has 5 aromatic rings. The van der Waals surface area contributed by atoms with Crippen molar-refractivity contribution in [1.82, 2.24) is 14.5 Å². The maximum absolute atomic E-state index is 15.2. The molecular formula is C32H23F5N4O6. The number of amides is 1. The molecule has 0 unspecified atom stereocenters. The summed E-state index contributed by atoms with van der Waals surface area (Å²) in [5.41, 5.74) is -3.60. The second kappa shape index (κ2) is 12.5. The van der Waals surface area contributed by atoms with E-state index in [1.165, 1.54) is 52.3 Å². The van der Waals surface area contributed by atoms with E-state index in [0.717, 1.165) is 24.5 Å². The Bertz CT molecular complexity index is 2130. The molecule has 0 bridgehead atoms. The van der Waals surface area contributed by atoms with Gasteiger partial charge in [0.2, 0.25) is 0 Å². The summed E-state index contributed by atoms with van der Waals surface area (Å²) < 4.78 is 88.1. The second-order valence-corrected chi connectivity index (χ2v) is 10.0. The number of nitrogens with one attached hydrogen (secondary N) is 1. The van der Waals surface area contributed by atoms with Gasteiger partial charge < -0.3 is 19.5 Å². The normalized spacial score (nSPS) is 11.3. The molecule has 0 radical (unpaired) electrons. The molecule has 3 heterocycles. The van der Waals surface area contributed by atoms with Crippen LogP contribution in [-0.2, 0) is 6.18 Å². The van der Waals surface area contributed by atoms with E-state index in [9.17, 15) is 31.9 Å². The van der Waals surface area contributed by atoms with Crippen molar-refractivity contribution < 1.29 is 45.8 Å². The van der Waals surface area contributed by atoms with E-state index < -0.39 is 52.1 Å². The number of carbonyl (C=O) groups is 2. The maximum Gasteiger partial charge on any atom is 0.431 e. The lowest BCUT2D eigenvalue weighted by Crippen LogP contribution is -2.33. The number of alkyl halides is 3. The number of methoxy groups -OCH3 is 2. The van der Waals surface area contributed by atoms with Crippen LogP contribution < -0.4 is 25.1 Å². The number of anilines is 1. The van der Waals surface area contributed by atoms with Gasteiger partial charge in [0.1, 0.15) is 17.0 Å². The lowest BCUT2D eigenvalue weighted by atomic mass is 10.1. The molecule has 0 atom stereocenters. The number of ether oxygens (including phenoxy) is 3. The number of aryl methyl sites for hydroxylation is 1. The fourth-order valence-corrected chi connectivity index (χ4v) is 4.69. The number of ketones is 1. The topological polar surface area (TPSA) is 122 Å². The monoisotopic (exact) mass is 654 g/mol. The molecule has 15 heteroatoms. The number of nitrogens with zero attached hydrogens (tertiary/aromatic N) is 3. The molecule has 0 fully saturated rings. The van der Waals surface area contributed by atoms with Crippen LogP contribution in [0.15, 0.2) is 65.7 Å². The number of halogens is 5. The first-order valence-corrected chi connectivity index (χ1v) is 13.5. The molecule has 0 saturated heterocycles. The van der Waals surface area contributed by atoms with E-state index in [0.29, 0.717) is 17.9 Å². The molecule has 0 aliphatic heterocycles. The van der Waals surface area contributed by atoms with Crippen molar-refractivity contribution in [3.05, 3.63) is 105 Å². The zero-order valence-electron chi connectivity index (χ0n) is 25.0. The van der Waals surface area contributed by atoms with Gasteiger partial charge in [0.05, 0.1) is 37.8 Å². The van der Waals surface area contributed by atoms with Gasteiger partial charge in [-0.1, -0.05) is 0 Å². The van der Waals surface area contributed by atoms with E-state index in [4.69, 9.17) is 14.2 Å². The third-order valence-electron chi connectivity index (χ3n) is 6.98. The average Bonchev–Trinajstić information content (AvgIpc) is 3.02. The predicted molar refractivity (Wildman–Crippen MR) is 159 cm³/mol. The predicted octanol–water partition coefficient (Wildman–Crippen LogP) is 6.65. The molecule has 0 aliphatic rings. The molecule has 47 heavy (non-hydrogen) atoms. The first-order valence-electron chi connectivity index (χ1n) is 13.5. The summed E-state index contributed by atoms with van der Waals surface area (Å²) in [6, 6.07) is 8.41. The Morgan fingerprint density at radius 3 is 2.19 bits per heavy atom. The number of pyridine rings is 3. The minimum absolute atomic E-state index is 0.0315. The lowest BCUT2D eigenvalue weighted by molar-refractivity contribution is -0.142. The number of fused-ring (bicyclic) bond motifs is 1. The van der Waals surface area contributed by atoms with E-state index in [1.54, 1.807) is 0 Å². The second-order valence-electron chi connectivity index (χ2n) is 10.0. The smallest absolute Gasteiger partial charge is 0.431 e. The van der Waals surface area contributed by atoms with Gasteiger partial charge in [-0.2, -0.15) is 13.2 Å². The van der Waals surface area contributed by atoms with Crippen molar-refractivity contribution in [1.29, 1.82) is 0 Å². The molecule has 5 rings (SSSR count). The van der Waals surface area contributed by atoms with Crippen LogP contribution in [0, 0.1) is 18.6 Å². The summed E-state index contributed by atoms with van der Waals surface area (Å²) in [6.45, 7) is 2.60. The SMILES string of the molecule is COc1cc2ncc(F)c(Oc3ccc(NC(=O)c4ccc(C(F)(F)F)n(-c5cnc(C(C)=O)cc5C)c4=O)cc3F)c2cc1OC. The van der Waals surface area contributed by atoms with Crippen molar-refractivity contribution in [3.63, 3.8) is 0 Å². The Balaban J connectivity index is 1.47. The maximum atomic E-state index is 15.2. The minimum Gasteiger partial charge on any atom is -0.493 e. The number of Topliss-reactive ketones (excluding diaryl/α,β-unsaturated/α-hetero) is 1. The Hall–Kier alpha value is -5.86. The van der Waals surface area contributed by atoms with Crippen LogP contribution >= 0.6 is 0 Å². The molecule has 10 nitrogen and oxygen atoms in total. The van der Waals surface area contributed by atoms with Crippen LogP contribution in [0.4, 0.5) is 27.6 Å². The van der Waals surface area contributed by atoms with E-state index >= 15 is 4.39 Å². The summed E-state index contributed by atoms with van der Waals surface area (Å²) >= 11 is 0. The molecule has 0 aliphatic carbocycles. The van der Waals surface area contributed by atoms with Crippen molar-refractivity contribution in [2.24, 2.45) is 0 Å². The lowest BCUT2D eigenvalue weighted by Gasteiger charge is -2.18. The summed E-state index contributed by atoms with van der Waals surface area (Å²) in [6.07, 6.45) is -3.20. The Kier molecular flexibility index (Phi) is 8.65. The summed E-state index contributed by atoms with van der Waals surface area (Å²) in [7, 11) is 2.77. The third-order valence-corrected chi connectivity index (χ3v) is 6.98. The van der Waals surface area contributed by atoms with Gasteiger partial charge >= 0.3 is 6.18 Å². The van der Waals surface area contributed by atoms with Gasteiger partial charge in [-0.05, 0) is 48.9 Å². The number of rotatable bonds is 8. The standard InChI is InChI=1S/C32H23F5N4O6/c1-15-9-22(16(2)42)39-14-24(15)41-28(32(35,36)37)8-6-18(31(41)44)30(43)40-17-5-7-25(20(33)10-17)47-29-19-11-26(45-3)27(46-4)12-23(19)38-13-21(29)34/h5-14H,1-4H3,(H,40,43). The van der Waals surface area contributed by atoms with Crippen LogP contribution in [0.25, 0.3) is 16.6 Å². The average molecular weight is 655 g/mol. The first kappa shape index (κ1) is 32.5. The molecular weight excluding hydrogens is 631 g/mol. The number of benzene rings is 2. The fourth-order valence-electron chi connectivity index (χ4n) is 4.69. The van der Waals surface area contributed by atoms with E-state index in [2.05, 4.69) is 15.3 Å². The highest BCUT2D eigenvalue weighted by Gasteiger charge is 2.36. The van der Waals surface area contributed by atoms with Gasteiger partial charge in [0.25, 0.3) is 11.5 Å².